The Morgan fingerprint density at radius 2 is 2.17 bits per heavy atom. The molecule has 2 N–H and O–H groups in total. The number of aromatic nitrogens is 1. The lowest BCUT2D eigenvalue weighted by Crippen LogP contribution is -1.91. The molecule has 0 bridgehead atoms. The van der Waals surface area contributed by atoms with Crippen LogP contribution >= 0.6 is 11.8 Å². The molecular formula is C13H10FN3S. The molecule has 2 aromatic rings. The van der Waals surface area contributed by atoms with Crippen LogP contribution in [0.25, 0.3) is 0 Å². The van der Waals surface area contributed by atoms with Crippen LogP contribution in [-0.2, 0) is 5.75 Å². The van der Waals surface area contributed by atoms with E-state index in [0.29, 0.717) is 22.7 Å². The molecule has 90 valence electrons. The van der Waals surface area contributed by atoms with Crippen LogP contribution in [0.4, 0.5) is 10.2 Å². The molecule has 0 aliphatic heterocycles. The Balaban J connectivity index is 2.10. The maximum atomic E-state index is 13.5. The molecule has 0 spiro atoms. The molecular weight excluding hydrogens is 249 g/mol. The third-order valence-corrected chi connectivity index (χ3v) is 3.36. The van der Waals surface area contributed by atoms with Gasteiger partial charge in [0.05, 0.1) is 11.6 Å². The van der Waals surface area contributed by atoms with Gasteiger partial charge in [0.15, 0.2) is 0 Å². The molecule has 1 aromatic heterocycles. The summed E-state index contributed by atoms with van der Waals surface area (Å²) in [5.74, 6) is 0.606. The number of nitrogen functional groups attached to an aromatic ring is 1. The fourth-order valence-corrected chi connectivity index (χ4v) is 2.23. The highest BCUT2D eigenvalue weighted by molar-refractivity contribution is 7.98. The summed E-state index contributed by atoms with van der Waals surface area (Å²) in [6, 6.07) is 9.87. The van der Waals surface area contributed by atoms with Gasteiger partial charge in [0, 0.05) is 16.8 Å². The molecule has 1 heterocycles. The third kappa shape index (κ3) is 2.99. The Morgan fingerprint density at radius 1 is 1.33 bits per heavy atom. The van der Waals surface area contributed by atoms with E-state index in [-0.39, 0.29) is 5.82 Å². The predicted octanol–water partition coefficient (Wildman–Crippen LogP) is 2.97. The van der Waals surface area contributed by atoms with Crippen molar-refractivity contribution >= 4 is 17.6 Å². The van der Waals surface area contributed by atoms with Crippen LogP contribution in [0.1, 0.15) is 11.1 Å². The van der Waals surface area contributed by atoms with Crippen LogP contribution in [0.15, 0.2) is 41.4 Å². The minimum Gasteiger partial charge on any atom is -0.384 e. The maximum absolute atomic E-state index is 13.5. The Bertz CT molecular complexity index is 590. The van der Waals surface area contributed by atoms with Gasteiger partial charge >= 0.3 is 0 Å². The highest BCUT2D eigenvalue weighted by Crippen LogP contribution is 2.24. The van der Waals surface area contributed by atoms with Crippen LogP contribution in [-0.4, -0.2) is 4.98 Å². The van der Waals surface area contributed by atoms with Crippen molar-refractivity contribution in [1.29, 1.82) is 5.26 Å². The van der Waals surface area contributed by atoms with Gasteiger partial charge in [-0.25, -0.2) is 9.37 Å². The predicted molar refractivity (Wildman–Crippen MR) is 69.3 cm³/mol. The van der Waals surface area contributed by atoms with Gasteiger partial charge in [0.1, 0.15) is 11.6 Å². The molecule has 0 radical (unpaired) electrons. The van der Waals surface area contributed by atoms with Gasteiger partial charge in [-0.05, 0) is 35.9 Å². The molecule has 5 heteroatoms. The van der Waals surface area contributed by atoms with Crippen molar-refractivity contribution in [3.05, 3.63) is 53.5 Å². The SMILES string of the molecule is N#Cc1ccc(F)c(CSc2ccc(N)nc2)c1. The zero-order valence-electron chi connectivity index (χ0n) is 9.43. The molecule has 0 atom stereocenters. The average molecular weight is 259 g/mol. The minimum absolute atomic E-state index is 0.301. The van der Waals surface area contributed by atoms with Crippen molar-refractivity contribution in [1.82, 2.24) is 4.98 Å². The van der Waals surface area contributed by atoms with Crippen molar-refractivity contribution in [3.63, 3.8) is 0 Å². The minimum atomic E-state index is -0.301. The maximum Gasteiger partial charge on any atom is 0.127 e. The van der Waals surface area contributed by atoms with Crippen molar-refractivity contribution in [2.24, 2.45) is 0 Å². The molecule has 1 aromatic carbocycles. The van der Waals surface area contributed by atoms with E-state index in [1.54, 1.807) is 18.3 Å². The lowest BCUT2D eigenvalue weighted by molar-refractivity contribution is 0.617. The lowest BCUT2D eigenvalue weighted by atomic mass is 10.1. The average Bonchev–Trinajstić information content (AvgIpc) is 2.40. The first-order chi connectivity index (χ1) is 8.69. The van der Waals surface area contributed by atoms with Crippen molar-refractivity contribution in [3.8, 4) is 6.07 Å². The highest BCUT2D eigenvalue weighted by Gasteiger charge is 2.04. The molecule has 0 amide bonds. The van der Waals surface area contributed by atoms with Crippen LogP contribution in [0.2, 0.25) is 0 Å². The standard InChI is InChI=1S/C13H10FN3S/c14-12-3-1-9(6-15)5-10(12)8-18-11-2-4-13(16)17-7-11/h1-5,7H,8H2,(H2,16,17). The summed E-state index contributed by atoms with van der Waals surface area (Å²) >= 11 is 1.45. The number of hydrogen-bond donors (Lipinski definition) is 1. The second-order valence-electron chi connectivity index (χ2n) is 3.63. The van der Waals surface area contributed by atoms with E-state index < -0.39 is 0 Å². The second-order valence-corrected chi connectivity index (χ2v) is 4.67. The molecule has 3 nitrogen and oxygen atoms in total. The number of pyridine rings is 1. The van der Waals surface area contributed by atoms with E-state index >= 15 is 0 Å². The summed E-state index contributed by atoms with van der Waals surface area (Å²) in [5.41, 5.74) is 6.45. The Hall–Kier alpha value is -2.06. The highest BCUT2D eigenvalue weighted by atomic mass is 32.2. The monoisotopic (exact) mass is 259 g/mol. The number of thioether (sulfide) groups is 1. The normalized spacial score (nSPS) is 10.0. The number of halogens is 1. The number of nitriles is 1. The zero-order chi connectivity index (χ0) is 13.0. The summed E-state index contributed by atoms with van der Waals surface area (Å²) in [4.78, 5) is 4.87. The van der Waals surface area contributed by atoms with Gasteiger partial charge in [0.2, 0.25) is 0 Å². The van der Waals surface area contributed by atoms with Gasteiger partial charge < -0.3 is 5.73 Å². The number of nitrogens with zero attached hydrogens (tertiary/aromatic N) is 2. The van der Waals surface area contributed by atoms with Gasteiger partial charge in [0.25, 0.3) is 0 Å². The van der Waals surface area contributed by atoms with Gasteiger partial charge in [-0.3, -0.25) is 0 Å². The van der Waals surface area contributed by atoms with Gasteiger partial charge in [-0.15, -0.1) is 11.8 Å². The Kier molecular flexibility index (Phi) is 3.80. The largest absolute Gasteiger partial charge is 0.384 e. The number of hydrogen-bond acceptors (Lipinski definition) is 4. The number of nitrogens with two attached hydrogens (primary N) is 1. The first kappa shape index (κ1) is 12.4. The number of rotatable bonds is 3. The van der Waals surface area contributed by atoms with Gasteiger partial charge in [-0.1, -0.05) is 0 Å². The van der Waals surface area contributed by atoms with E-state index in [1.165, 1.54) is 23.9 Å². The Morgan fingerprint density at radius 3 is 2.83 bits per heavy atom. The molecule has 0 aliphatic rings. The molecule has 0 unspecified atom stereocenters. The van der Waals surface area contributed by atoms with Gasteiger partial charge in [-0.2, -0.15) is 5.26 Å². The zero-order valence-corrected chi connectivity index (χ0v) is 10.2. The van der Waals surface area contributed by atoms with E-state index in [0.717, 1.165) is 4.90 Å². The summed E-state index contributed by atoms with van der Waals surface area (Å²) in [5, 5.41) is 8.77. The molecule has 0 saturated heterocycles. The van der Waals surface area contributed by atoms with E-state index in [1.807, 2.05) is 12.1 Å². The van der Waals surface area contributed by atoms with Crippen LogP contribution in [0.5, 0.6) is 0 Å². The van der Waals surface area contributed by atoms with E-state index in [2.05, 4.69) is 4.98 Å². The number of anilines is 1. The summed E-state index contributed by atoms with van der Waals surface area (Å²) < 4.78 is 13.5. The quantitative estimate of drug-likeness (QED) is 0.861. The first-order valence-electron chi connectivity index (χ1n) is 5.22. The van der Waals surface area contributed by atoms with Crippen LogP contribution in [0.3, 0.4) is 0 Å². The van der Waals surface area contributed by atoms with Crippen LogP contribution in [0, 0.1) is 17.1 Å². The summed E-state index contributed by atoms with van der Waals surface area (Å²) in [7, 11) is 0. The fraction of sp³-hybridized carbons (Fsp3) is 0.0769. The molecule has 0 saturated carbocycles. The van der Waals surface area contributed by atoms with Crippen molar-refractivity contribution in [2.45, 2.75) is 10.6 Å². The third-order valence-electron chi connectivity index (χ3n) is 2.33. The van der Waals surface area contributed by atoms with E-state index in [4.69, 9.17) is 11.0 Å². The number of benzene rings is 1. The van der Waals surface area contributed by atoms with Crippen molar-refractivity contribution in [2.75, 3.05) is 5.73 Å². The second kappa shape index (κ2) is 5.52. The Labute approximate surface area is 108 Å². The topological polar surface area (TPSA) is 62.7 Å². The van der Waals surface area contributed by atoms with Crippen LogP contribution < -0.4 is 5.73 Å². The lowest BCUT2D eigenvalue weighted by Gasteiger charge is -2.04. The van der Waals surface area contributed by atoms with Crippen molar-refractivity contribution < 1.29 is 4.39 Å². The first-order valence-corrected chi connectivity index (χ1v) is 6.20. The molecule has 0 aliphatic carbocycles. The molecule has 2 rings (SSSR count). The molecule has 18 heavy (non-hydrogen) atoms. The smallest absolute Gasteiger partial charge is 0.127 e. The molecule has 0 fully saturated rings. The summed E-state index contributed by atoms with van der Waals surface area (Å²) in [6.07, 6.45) is 1.64. The summed E-state index contributed by atoms with van der Waals surface area (Å²) in [6.45, 7) is 0. The fourth-order valence-electron chi connectivity index (χ4n) is 1.39. The van der Waals surface area contributed by atoms with E-state index in [9.17, 15) is 4.39 Å².